The van der Waals surface area contributed by atoms with Crippen molar-refractivity contribution in [2.45, 2.75) is 19.3 Å². The third kappa shape index (κ3) is 2.88. The van der Waals surface area contributed by atoms with E-state index in [0.717, 1.165) is 30.4 Å². The molecular weight excluding hydrogens is 244 g/mol. The minimum Gasteiger partial charge on any atom is -0.294 e. The maximum Gasteiger partial charge on any atom is 0.162 e. The summed E-state index contributed by atoms with van der Waals surface area (Å²) in [4.78, 5) is 12.4. The zero-order valence-corrected chi connectivity index (χ0v) is 11.5. The molecule has 0 N–H and O–H groups in total. The van der Waals surface area contributed by atoms with Crippen LogP contribution < -0.4 is 0 Å². The van der Waals surface area contributed by atoms with E-state index in [1.54, 1.807) is 0 Å². The van der Waals surface area contributed by atoms with Crippen LogP contribution in [0.25, 0.3) is 6.08 Å². The van der Waals surface area contributed by atoms with Crippen LogP contribution in [0.4, 0.5) is 0 Å². The van der Waals surface area contributed by atoms with Gasteiger partial charge in [0.25, 0.3) is 0 Å². The first-order valence-electron chi connectivity index (χ1n) is 7.17. The smallest absolute Gasteiger partial charge is 0.162 e. The fourth-order valence-corrected chi connectivity index (χ4v) is 2.83. The van der Waals surface area contributed by atoms with Gasteiger partial charge in [-0.1, -0.05) is 60.7 Å². The molecule has 2 aromatic rings. The fourth-order valence-electron chi connectivity index (χ4n) is 2.83. The van der Waals surface area contributed by atoms with Crippen LogP contribution in [0.2, 0.25) is 0 Å². The summed E-state index contributed by atoms with van der Waals surface area (Å²) in [5.74, 6) is 0.491. The lowest BCUT2D eigenvalue weighted by Gasteiger charge is -2.07. The van der Waals surface area contributed by atoms with Gasteiger partial charge in [0.1, 0.15) is 0 Å². The summed E-state index contributed by atoms with van der Waals surface area (Å²) in [6.45, 7) is 0. The molecule has 3 rings (SSSR count). The van der Waals surface area contributed by atoms with Gasteiger partial charge in [0, 0.05) is 5.92 Å². The van der Waals surface area contributed by atoms with Gasteiger partial charge in [0.2, 0.25) is 0 Å². The SMILES string of the molecule is O=C1C(=Cc2ccccc2)CCC1Cc1ccccc1. The summed E-state index contributed by atoms with van der Waals surface area (Å²) >= 11 is 0. The van der Waals surface area contributed by atoms with Gasteiger partial charge in [-0.25, -0.2) is 0 Å². The lowest BCUT2D eigenvalue weighted by molar-refractivity contribution is -0.117. The number of rotatable bonds is 3. The van der Waals surface area contributed by atoms with Gasteiger partial charge >= 0.3 is 0 Å². The molecule has 0 spiro atoms. The van der Waals surface area contributed by atoms with Gasteiger partial charge < -0.3 is 0 Å². The number of hydrogen-bond donors (Lipinski definition) is 0. The molecule has 2 aromatic carbocycles. The van der Waals surface area contributed by atoms with E-state index in [-0.39, 0.29) is 5.92 Å². The van der Waals surface area contributed by atoms with Crippen LogP contribution >= 0.6 is 0 Å². The van der Waals surface area contributed by atoms with Crippen LogP contribution in [0.1, 0.15) is 24.0 Å². The number of benzene rings is 2. The van der Waals surface area contributed by atoms with Crippen molar-refractivity contribution in [1.29, 1.82) is 0 Å². The lowest BCUT2D eigenvalue weighted by Crippen LogP contribution is -2.10. The fraction of sp³-hybridized carbons (Fsp3) is 0.211. The highest BCUT2D eigenvalue weighted by Gasteiger charge is 2.28. The summed E-state index contributed by atoms with van der Waals surface area (Å²) in [6.07, 6.45) is 4.80. The molecule has 1 heteroatoms. The molecule has 0 amide bonds. The molecule has 1 atom stereocenters. The Bertz CT molecular complexity index is 611. The monoisotopic (exact) mass is 262 g/mol. The molecule has 1 fully saturated rings. The van der Waals surface area contributed by atoms with Gasteiger partial charge in [-0.3, -0.25) is 4.79 Å². The Morgan fingerprint density at radius 3 is 2.30 bits per heavy atom. The molecule has 1 aliphatic rings. The quantitative estimate of drug-likeness (QED) is 0.754. The van der Waals surface area contributed by atoms with Gasteiger partial charge in [-0.2, -0.15) is 0 Å². The Labute approximate surface area is 120 Å². The molecule has 0 bridgehead atoms. The molecule has 0 aliphatic heterocycles. The minimum atomic E-state index is 0.160. The number of Topliss-reactive ketones (excluding diaryl/α,β-unsaturated/α-hetero) is 1. The largest absolute Gasteiger partial charge is 0.294 e. The van der Waals surface area contributed by atoms with Crippen LogP contribution in [0.3, 0.4) is 0 Å². The highest BCUT2D eigenvalue weighted by Crippen LogP contribution is 2.30. The van der Waals surface area contributed by atoms with E-state index in [9.17, 15) is 4.79 Å². The summed E-state index contributed by atoms with van der Waals surface area (Å²) in [6, 6.07) is 20.4. The van der Waals surface area contributed by atoms with Crippen molar-refractivity contribution in [1.82, 2.24) is 0 Å². The molecule has 1 unspecified atom stereocenters. The minimum absolute atomic E-state index is 0.160. The first-order chi connectivity index (χ1) is 9.83. The van der Waals surface area contributed by atoms with Gasteiger partial charge in [-0.15, -0.1) is 0 Å². The molecular formula is C19H18O. The molecule has 1 aliphatic carbocycles. The molecule has 1 saturated carbocycles. The topological polar surface area (TPSA) is 17.1 Å². The van der Waals surface area contributed by atoms with Crippen LogP contribution in [0.5, 0.6) is 0 Å². The normalized spacial score (nSPS) is 20.5. The Morgan fingerprint density at radius 2 is 1.60 bits per heavy atom. The van der Waals surface area contributed by atoms with Gasteiger partial charge in [-0.05, 0) is 42.0 Å². The molecule has 0 radical (unpaired) electrons. The molecule has 100 valence electrons. The highest BCUT2D eigenvalue weighted by molar-refractivity contribution is 6.03. The second kappa shape index (κ2) is 5.87. The molecule has 0 aromatic heterocycles. The number of allylic oxidation sites excluding steroid dienone is 1. The molecule has 1 nitrogen and oxygen atoms in total. The maximum absolute atomic E-state index is 12.4. The molecule has 0 heterocycles. The number of carbonyl (C=O) groups is 1. The summed E-state index contributed by atoms with van der Waals surface area (Å²) in [5.41, 5.74) is 3.36. The van der Waals surface area contributed by atoms with Crippen molar-refractivity contribution in [2.75, 3.05) is 0 Å². The summed E-state index contributed by atoms with van der Waals surface area (Å²) < 4.78 is 0. The second-order valence-corrected chi connectivity index (χ2v) is 5.37. The predicted molar refractivity (Wildman–Crippen MR) is 82.3 cm³/mol. The van der Waals surface area contributed by atoms with Crippen LogP contribution in [-0.2, 0) is 11.2 Å². The Kier molecular flexibility index (Phi) is 3.78. The van der Waals surface area contributed by atoms with Crippen LogP contribution in [-0.4, -0.2) is 5.78 Å². The van der Waals surface area contributed by atoms with Gasteiger partial charge in [0.05, 0.1) is 0 Å². The predicted octanol–water partition coefficient (Wildman–Crippen LogP) is 4.29. The first-order valence-corrected chi connectivity index (χ1v) is 7.17. The van der Waals surface area contributed by atoms with E-state index in [1.807, 2.05) is 54.6 Å². The van der Waals surface area contributed by atoms with Crippen LogP contribution in [0, 0.1) is 5.92 Å². The zero-order valence-electron chi connectivity index (χ0n) is 11.5. The Balaban J connectivity index is 1.73. The molecule has 0 saturated heterocycles. The van der Waals surface area contributed by atoms with E-state index < -0.39 is 0 Å². The standard InChI is InChI=1S/C19H18O/c20-19-17(13-15-7-3-1-4-8-15)11-12-18(19)14-16-9-5-2-6-10-16/h1-10,13,18H,11-12,14H2. The van der Waals surface area contributed by atoms with E-state index in [1.165, 1.54) is 5.56 Å². The maximum atomic E-state index is 12.4. The van der Waals surface area contributed by atoms with E-state index in [2.05, 4.69) is 12.1 Å². The van der Waals surface area contributed by atoms with Crippen molar-refractivity contribution in [3.63, 3.8) is 0 Å². The van der Waals surface area contributed by atoms with Gasteiger partial charge in [0.15, 0.2) is 5.78 Å². The van der Waals surface area contributed by atoms with Crippen LogP contribution in [0.15, 0.2) is 66.2 Å². The van der Waals surface area contributed by atoms with Crippen molar-refractivity contribution in [3.8, 4) is 0 Å². The molecule has 20 heavy (non-hydrogen) atoms. The number of hydrogen-bond acceptors (Lipinski definition) is 1. The average molecular weight is 262 g/mol. The number of carbonyl (C=O) groups excluding carboxylic acids is 1. The highest BCUT2D eigenvalue weighted by atomic mass is 16.1. The summed E-state index contributed by atoms with van der Waals surface area (Å²) in [5, 5.41) is 0. The van der Waals surface area contributed by atoms with Crippen molar-refractivity contribution in [2.24, 2.45) is 5.92 Å². The summed E-state index contributed by atoms with van der Waals surface area (Å²) in [7, 11) is 0. The van der Waals surface area contributed by atoms with Crippen molar-refractivity contribution < 1.29 is 4.79 Å². The lowest BCUT2D eigenvalue weighted by atomic mass is 9.96. The third-order valence-electron chi connectivity index (χ3n) is 3.91. The van der Waals surface area contributed by atoms with Crippen molar-refractivity contribution >= 4 is 11.9 Å². The van der Waals surface area contributed by atoms with Crippen molar-refractivity contribution in [3.05, 3.63) is 77.4 Å². The van der Waals surface area contributed by atoms with E-state index >= 15 is 0 Å². The Morgan fingerprint density at radius 1 is 0.950 bits per heavy atom. The average Bonchev–Trinajstić information content (AvgIpc) is 2.83. The Hall–Kier alpha value is -2.15. The van der Waals surface area contributed by atoms with E-state index in [0.29, 0.717) is 5.78 Å². The number of ketones is 1. The first kappa shape index (κ1) is 12.9. The third-order valence-corrected chi connectivity index (χ3v) is 3.91. The zero-order chi connectivity index (χ0) is 13.8. The second-order valence-electron chi connectivity index (χ2n) is 5.37. The van der Waals surface area contributed by atoms with E-state index in [4.69, 9.17) is 0 Å².